The molecule has 0 bridgehead atoms. The smallest absolute Gasteiger partial charge is 0.475 e. The van der Waals surface area contributed by atoms with Crippen LogP contribution >= 0.6 is 0 Å². The number of ether oxygens (including phenoxy) is 1. The Morgan fingerprint density at radius 2 is 1.64 bits per heavy atom. The number of carbonyl (C=O) groups excluding carboxylic acids is 1. The third-order valence-electron chi connectivity index (χ3n) is 5.38. The summed E-state index contributed by atoms with van der Waals surface area (Å²) in [5, 5.41) is 14.2. The predicted molar refractivity (Wildman–Crippen MR) is 112 cm³/mol. The number of carboxylic acid groups (broad SMARTS) is 2. The Balaban J connectivity index is 0.000000383. The van der Waals surface area contributed by atoms with Crippen LogP contribution in [0.25, 0.3) is 0 Å². The molecule has 2 fully saturated rings. The van der Waals surface area contributed by atoms with Gasteiger partial charge in [-0.05, 0) is 32.0 Å². The van der Waals surface area contributed by atoms with Crippen molar-refractivity contribution >= 4 is 17.8 Å². The van der Waals surface area contributed by atoms with Crippen LogP contribution in [-0.4, -0.2) is 95.1 Å². The Morgan fingerprint density at radius 3 is 2.11 bits per heavy atom. The number of rotatable bonds is 3. The average Bonchev–Trinajstić information content (AvgIpc) is 2.78. The van der Waals surface area contributed by atoms with Gasteiger partial charge in [0.05, 0.1) is 18.3 Å². The minimum Gasteiger partial charge on any atom is -0.475 e. The maximum absolute atomic E-state index is 12.9. The van der Waals surface area contributed by atoms with E-state index in [2.05, 4.69) is 16.9 Å². The molecule has 1 aromatic rings. The van der Waals surface area contributed by atoms with Crippen molar-refractivity contribution in [3.05, 3.63) is 30.1 Å². The van der Waals surface area contributed by atoms with Crippen LogP contribution < -0.4 is 0 Å². The average molecular weight is 531 g/mol. The van der Waals surface area contributed by atoms with E-state index in [9.17, 15) is 31.1 Å². The van der Waals surface area contributed by atoms with Crippen molar-refractivity contribution in [3.63, 3.8) is 0 Å². The number of halogens is 6. The molecule has 3 rings (SSSR count). The number of piperidine rings is 1. The van der Waals surface area contributed by atoms with Crippen LogP contribution in [0.4, 0.5) is 26.3 Å². The standard InChI is InChI=1S/C17H25N3O2.2C2HF3O2/c1-19-9-6-16-15(12-19)14(7-10-22-16)17(21)20(2)11-13-5-3-4-8-18-13;2*3-2(4,5)1(6)7/h3-5,8,14-16H,6-7,9-12H2,1-2H3;2*(H,6,7)/t14-,15+,16-;;/m1../s1. The third kappa shape index (κ3) is 10.4. The van der Waals surface area contributed by atoms with Crippen LogP contribution in [0, 0.1) is 11.8 Å². The van der Waals surface area contributed by atoms with E-state index in [1.807, 2.05) is 30.1 Å². The van der Waals surface area contributed by atoms with Crippen molar-refractivity contribution in [2.45, 2.75) is 37.8 Å². The van der Waals surface area contributed by atoms with E-state index in [1.54, 1.807) is 6.20 Å². The SMILES string of the molecule is CN1CC[C@H]2OCC[C@@H](C(=O)N(C)Cc3ccccn3)[C@@H]2C1.O=C(O)C(F)(F)F.O=C(O)C(F)(F)F. The Hall–Kier alpha value is -2.94. The molecule has 204 valence electrons. The monoisotopic (exact) mass is 531 g/mol. The number of aromatic nitrogens is 1. The zero-order valence-corrected chi connectivity index (χ0v) is 19.4. The lowest BCUT2D eigenvalue weighted by atomic mass is 9.79. The van der Waals surface area contributed by atoms with E-state index in [0.717, 1.165) is 31.6 Å². The van der Waals surface area contributed by atoms with Crippen LogP contribution in [0.15, 0.2) is 24.4 Å². The summed E-state index contributed by atoms with van der Waals surface area (Å²) in [6.07, 6.45) is -6.27. The predicted octanol–water partition coefficient (Wildman–Crippen LogP) is 2.66. The van der Waals surface area contributed by atoms with Gasteiger partial charge in [-0.15, -0.1) is 0 Å². The number of nitrogens with zero attached hydrogens (tertiary/aromatic N) is 3. The maximum Gasteiger partial charge on any atom is 0.490 e. The van der Waals surface area contributed by atoms with E-state index in [-0.39, 0.29) is 17.9 Å². The molecule has 2 saturated heterocycles. The van der Waals surface area contributed by atoms with Crippen LogP contribution in [0.1, 0.15) is 18.5 Å². The summed E-state index contributed by atoms with van der Waals surface area (Å²) in [5.41, 5.74) is 0.933. The summed E-state index contributed by atoms with van der Waals surface area (Å²) in [6, 6.07) is 5.82. The highest BCUT2D eigenvalue weighted by Gasteiger charge is 2.42. The number of alkyl halides is 6. The van der Waals surface area contributed by atoms with Gasteiger partial charge in [-0.1, -0.05) is 6.07 Å². The molecule has 15 heteroatoms. The Morgan fingerprint density at radius 1 is 1.08 bits per heavy atom. The topological polar surface area (TPSA) is 120 Å². The highest BCUT2D eigenvalue weighted by atomic mass is 19.4. The van der Waals surface area contributed by atoms with Gasteiger partial charge in [0, 0.05) is 44.8 Å². The molecule has 1 amide bonds. The molecule has 1 aromatic heterocycles. The molecular formula is C21H27F6N3O6. The Labute approximate surface area is 202 Å². The lowest BCUT2D eigenvalue weighted by molar-refractivity contribution is -0.193. The number of pyridine rings is 1. The summed E-state index contributed by atoms with van der Waals surface area (Å²) in [7, 11) is 4.01. The molecule has 2 aliphatic rings. The Kier molecular flexibility index (Phi) is 11.6. The second kappa shape index (κ2) is 13.4. The van der Waals surface area contributed by atoms with Crippen molar-refractivity contribution in [1.29, 1.82) is 0 Å². The first kappa shape index (κ1) is 31.1. The van der Waals surface area contributed by atoms with E-state index >= 15 is 0 Å². The quantitative estimate of drug-likeness (QED) is 0.572. The van der Waals surface area contributed by atoms with Gasteiger partial charge < -0.3 is 24.7 Å². The summed E-state index contributed by atoms with van der Waals surface area (Å²) < 4.78 is 69.4. The van der Waals surface area contributed by atoms with Crippen LogP contribution in [0.5, 0.6) is 0 Å². The van der Waals surface area contributed by atoms with Crippen molar-refractivity contribution in [3.8, 4) is 0 Å². The fourth-order valence-corrected chi connectivity index (χ4v) is 3.69. The van der Waals surface area contributed by atoms with E-state index < -0.39 is 24.3 Å². The van der Waals surface area contributed by atoms with Gasteiger partial charge in [0.25, 0.3) is 0 Å². The number of hydrogen-bond donors (Lipinski definition) is 2. The first-order valence-corrected chi connectivity index (χ1v) is 10.6. The van der Waals surface area contributed by atoms with Crippen LogP contribution in [0.2, 0.25) is 0 Å². The number of carbonyl (C=O) groups is 3. The molecule has 0 aromatic carbocycles. The number of amides is 1. The molecule has 0 aliphatic carbocycles. The third-order valence-corrected chi connectivity index (χ3v) is 5.38. The second-order valence-corrected chi connectivity index (χ2v) is 8.14. The molecule has 3 heterocycles. The molecule has 0 spiro atoms. The highest BCUT2D eigenvalue weighted by molar-refractivity contribution is 5.79. The maximum atomic E-state index is 12.9. The van der Waals surface area contributed by atoms with Gasteiger partial charge in [0.2, 0.25) is 5.91 Å². The van der Waals surface area contributed by atoms with E-state index in [1.165, 1.54) is 0 Å². The largest absolute Gasteiger partial charge is 0.490 e. The Bertz CT molecular complexity index is 844. The highest BCUT2D eigenvalue weighted by Crippen LogP contribution is 2.33. The molecule has 9 nitrogen and oxygen atoms in total. The van der Waals surface area contributed by atoms with Gasteiger partial charge in [0.15, 0.2) is 0 Å². The van der Waals surface area contributed by atoms with Crippen LogP contribution in [-0.2, 0) is 25.7 Å². The fourth-order valence-electron chi connectivity index (χ4n) is 3.69. The lowest BCUT2D eigenvalue weighted by Crippen LogP contribution is -2.52. The number of fused-ring (bicyclic) bond motifs is 1. The van der Waals surface area contributed by atoms with Gasteiger partial charge >= 0.3 is 24.3 Å². The molecule has 2 N–H and O–H groups in total. The van der Waals surface area contributed by atoms with Crippen molar-refractivity contribution < 1.29 is 55.7 Å². The van der Waals surface area contributed by atoms with E-state index in [0.29, 0.717) is 19.1 Å². The second-order valence-electron chi connectivity index (χ2n) is 8.14. The molecule has 0 saturated carbocycles. The minimum absolute atomic E-state index is 0.0789. The molecule has 3 atom stereocenters. The molecular weight excluding hydrogens is 504 g/mol. The fraction of sp³-hybridized carbons (Fsp3) is 0.619. The molecule has 2 aliphatic heterocycles. The lowest BCUT2D eigenvalue weighted by Gasteiger charge is -2.44. The summed E-state index contributed by atoms with van der Waals surface area (Å²) in [4.78, 5) is 39.1. The zero-order chi connectivity index (χ0) is 27.7. The normalized spacial score (nSPS) is 22.1. The number of hydrogen-bond acceptors (Lipinski definition) is 6. The van der Waals surface area contributed by atoms with Gasteiger partial charge in [-0.25, -0.2) is 9.59 Å². The number of aliphatic carboxylic acids is 2. The van der Waals surface area contributed by atoms with Crippen LogP contribution in [0.3, 0.4) is 0 Å². The molecule has 0 unspecified atom stereocenters. The van der Waals surface area contributed by atoms with Gasteiger partial charge in [0.1, 0.15) is 0 Å². The van der Waals surface area contributed by atoms with Crippen molar-refractivity contribution in [2.75, 3.05) is 33.8 Å². The van der Waals surface area contributed by atoms with Gasteiger partial charge in [-0.2, -0.15) is 26.3 Å². The zero-order valence-electron chi connectivity index (χ0n) is 19.4. The van der Waals surface area contributed by atoms with Crippen molar-refractivity contribution in [1.82, 2.24) is 14.8 Å². The number of likely N-dealkylation sites (tertiary alicyclic amines) is 1. The summed E-state index contributed by atoms with van der Waals surface area (Å²) in [5.74, 6) is -4.87. The van der Waals surface area contributed by atoms with Gasteiger partial charge in [-0.3, -0.25) is 9.78 Å². The summed E-state index contributed by atoms with van der Waals surface area (Å²) in [6.45, 7) is 3.30. The first-order valence-electron chi connectivity index (χ1n) is 10.6. The molecule has 0 radical (unpaired) electrons. The molecule has 36 heavy (non-hydrogen) atoms. The minimum atomic E-state index is -5.08. The summed E-state index contributed by atoms with van der Waals surface area (Å²) >= 11 is 0. The number of carboxylic acids is 2. The van der Waals surface area contributed by atoms with E-state index in [4.69, 9.17) is 24.5 Å². The van der Waals surface area contributed by atoms with Crippen molar-refractivity contribution in [2.24, 2.45) is 11.8 Å². The first-order chi connectivity index (χ1) is 16.5.